The van der Waals surface area contributed by atoms with Crippen LogP contribution in [0.25, 0.3) is 0 Å². The maximum Gasteiger partial charge on any atom is 0.222 e. The maximum absolute atomic E-state index is 12.0. The zero-order valence-corrected chi connectivity index (χ0v) is 10.4. The SMILES string of the molecule is CC1CCCN1C(=O)CCC1CCCNC1. The molecular weight excluding hydrogens is 200 g/mol. The van der Waals surface area contributed by atoms with Gasteiger partial charge in [0.1, 0.15) is 0 Å². The van der Waals surface area contributed by atoms with Crippen LogP contribution in [0.2, 0.25) is 0 Å². The first-order valence-corrected chi connectivity index (χ1v) is 6.77. The van der Waals surface area contributed by atoms with Crippen molar-refractivity contribution in [1.29, 1.82) is 0 Å². The van der Waals surface area contributed by atoms with Crippen LogP contribution in [-0.4, -0.2) is 36.5 Å². The Hall–Kier alpha value is -0.570. The highest BCUT2D eigenvalue weighted by molar-refractivity contribution is 5.76. The minimum Gasteiger partial charge on any atom is -0.340 e. The average Bonchev–Trinajstić information content (AvgIpc) is 2.74. The standard InChI is InChI=1S/C13H24N2O/c1-11-4-3-9-15(11)13(16)7-6-12-5-2-8-14-10-12/h11-12,14H,2-10H2,1H3. The fourth-order valence-electron chi connectivity index (χ4n) is 2.95. The number of likely N-dealkylation sites (tertiary alicyclic amines) is 1. The largest absolute Gasteiger partial charge is 0.340 e. The van der Waals surface area contributed by atoms with E-state index in [0.29, 0.717) is 11.9 Å². The van der Waals surface area contributed by atoms with Crippen LogP contribution in [0, 0.1) is 5.92 Å². The lowest BCUT2D eigenvalue weighted by Gasteiger charge is -2.25. The first-order valence-electron chi connectivity index (χ1n) is 6.77. The van der Waals surface area contributed by atoms with Crippen LogP contribution in [0.4, 0.5) is 0 Å². The number of carbonyl (C=O) groups is 1. The molecule has 3 nitrogen and oxygen atoms in total. The van der Waals surface area contributed by atoms with Gasteiger partial charge in [0, 0.05) is 19.0 Å². The Bertz CT molecular complexity index is 236. The summed E-state index contributed by atoms with van der Waals surface area (Å²) >= 11 is 0. The lowest BCUT2D eigenvalue weighted by atomic mass is 9.94. The van der Waals surface area contributed by atoms with Crippen LogP contribution in [0.1, 0.15) is 45.4 Å². The topological polar surface area (TPSA) is 32.3 Å². The van der Waals surface area contributed by atoms with Crippen molar-refractivity contribution in [3.63, 3.8) is 0 Å². The molecule has 0 saturated carbocycles. The Kier molecular flexibility index (Phi) is 4.22. The summed E-state index contributed by atoms with van der Waals surface area (Å²) in [7, 11) is 0. The molecular formula is C13H24N2O. The fourth-order valence-corrected chi connectivity index (χ4v) is 2.95. The lowest BCUT2D eigenvalue weighted by molar-refractivity contribution is -0.132. The Morgan fingerprint density at radius 1 is 1.38 bits per heavy atom. The Morgan fingerprint density at radius 3 is 2.88 bits per heavy atom. The molecule has 0 aromatic rings. The van der Waals surface area contributed by atoms with Crippen molar-refractivity contribution in [3.05, 3.63) is 0 Å². The number of nitrogens with zero attached hydrogens (tertiary/aromatic N) is 1. The van der Waals surface area contributed by atoms with Gasteiger partial charge in [0.05, 0.1) is 0 Å². The summed E-state index contributed by atoms with van der Waals surface area (Å²) in [6, 6.07) is 0.483. The van der Waals surface area contributed by atoms with Gasteiger partial charge in [0.25, 0.3) is 0 Å². The normalized spacial score (nSPS) is 30.7. The smallest absolute Gasteiger partial charge is 0.222 e. The summed E-state index contributed by atoms with van der Waals surface area (Å²) in [5.41, 5.74) is 0. The molecule has 2 atom stereocenters. The van der Waals surface area contributed by atoms with Crippen LogP contribution in [0.15, 0.2) is 0 Å². The number of carbonyl (C=O) groups excluding carboxylic acids is 1. The van der Waals surface area contributed by atoms with Crippen LogP contribution in [0.5, 0.6) is 0 Å². The second-order valence-corrected chi connectivity index (χ2v) is 5.33. The van der Waals surface area contributed by atoms with E-state index >= 15 is 0 Å². The number of nitrogens with one attached hydrogen (secondary N) is 1. The summed E-state index contributed by atoms with van der Waals surface area (Å²) in [5, 5.41) is 3.41. The number of rotatable bonds is 3. The van der Waals surface area contributed by atoms with E-state index in [-0.39, 0.29) is 0 Å². The Labute approximate surface area is 98.6 Å². The van der Waals surface area contributed by atoms with Crippen LogP contribution in [-0.2, 0) is 4.79 Å². The van der Waals surface area contributed by atoms with E-state index in [0.717, 1.165) is 38.4 Å². The van der Waals surface area contributed by atoms with E-state index in [9.17, 15) is 4.79 Å². The van der Waals surface area contributed by atoms with E-state index in [4.69, 9.17) is 0 Å². The summed E-state index contributed by atoms with van der Waals surface area (Å²) in [6.45, 7) is 5.44. The van der Waals surface area contributed by atoms with Crippen molar-refractivity contribution >= 4 is 5.91 Å². The molecule has 3 heteroatoms. The number of amides is 1. The van der Waals surface area contributed by atoms with Crippen molar-refractivity contribution in [2.45, 2.75) is 51.5 Å². The number of hydrogen-bond acceptors (Lipinski definition) is 2. The van der Waals surface area contributed by atoms with Crippen LogP contribution >= 0.6 is 0 Å². The van der Waals surface area contributed by atoms with Crippen molar-refractivity contribution < 1.29 is 4.79 Å². The minimum atomic E-state index is 0.385. The number of hydrogen-bond donors (Lipinski definition) is 1. The van der Waals surface area contributed by atoms with Gasteiger partial charge in [0.15, 0.2) is 0 Å². The van der Waals surface area contributed by atoms with Gasteiger partial charge in [-0.1, -0.05) is 0 Å². The molecule has 1 N–H and O–H groups in total. The molecule has 0 aromatic carbocycles. The first kappa shape index (κ1) is 11.9. The molecule has 16 heavy (non-hydrogen) atoms. The molecule has 92 valence electrons. The summed E-state index contributed by atoms with van der Waals surface area (Å²) in [4.78, 5) is 14.1. The minimum absolute atomic E-state index is 0.385. The molecule has 1 amide bonds. The predicted octanol–water partition coefficient (Wildman–Crippen LogP) is 1.78. The average molecular weight is 224 g/mol. The molecule has 2 unspecified atom stereocenters. The molecule has 0 spiro atoms. The van der Waals surface area contributed by atoms with E-state index in [1.54, 1.807) is 0 Å². The fraction of sp³-hybridized carbons (Fsp3) is 0.923. The van der Waals surface area contributed by atoms with Gasteiger partial charge in [-0.25, -0.2) is 0 Å². The molecule has 2 rings (SSSR count). The quantitative estimate of drug-likeness (QED) is 0.792. The van der Waals surface area contributed by atoms with Gasteiger partial charge in [-0.3, -0.25) is 4.79 Å². The van der Waals surface area contributed by atoms with Crippen molar-refractivity contribution in [1.82, 2.24) is 10.2 Å². The zero-order chi connectivity index (χ0) is 11.4. The number of piperidine rings is 1. The van der Waals surface area contributed by atoms with Gasteiger partial charge in [0.2, 0.25) is 5.91 Å². The third-order valence-corrected chi connectivity index (χ3v) is 4.04. The Balaban J connectivity index is 1.70. The van der Waals surface area contributed by atoms with Crippen molar-refractivity contribution in [3.8, 4) is 0 Å². The molecule has 2 saturated heterocycles. The maximum atomic E-state index is 12.0. The third kappa shape index (κ3) is 2.97. The molecule has 2 fully saturated rings. The first-order chi connectivity index (χ1) is 7.77. The van der Waals surface area contributed by atoms with Gasteiger partial charge in [-0.15, -0.1) is 0 Å². The summed E-state index contributed by atoms with van der Waals surface area (Å²) < 4.78 is 0. The van der Waals surface area contributed by atoms with Gasteiger partial charge < -0.3 is 10.2 Å². The van der Waals surface area contributed by atoms with E-state index in [1.807, 2.05) is 0 Å². The highest BCUT2D eigenvalue weighted by Crippen LogP contribution is 2.21. The lowest BCUT2D eigenvalue weighted by Crippen LogP contribution is -2.35. The highest BCUT2D eigenvalue weighted by Gasteiger charge is 2.25. The molecule has 2 heterocycles. The molecule has 0 aliphatic carbocycles. The third-order valence-electron chi connectivity index (χ3n) is 4.04. The van der Waals surface area contributed by atoms with E-state index in [1.165, 1.54) is 25.7 Å². The molecule has 0 bridgehead atoms. The predicted molar refractivity (Wildman–Crippen MR) is 65.2 cm³/mol. The Morgan fingerprint density at radius 2 is 2.25 bits per heavy atom. The molecule has 2 aliphatic heterocycles. The summed E-state index contributed by atoms with van der Waals surface area (Å²) in [6.07, 6.45) is 6.80. The molecule has 2 aliphatic rings. The van der Waals surface area contributed by atoms with Gasteiger partial charge >= 0.3 is 0 Å². The van der Waals surface area contributed by atoms with Crippen LogP contribution in [0.3, 0.4) is 0 Å². The molecule has 0 aromatic heterocycles. The summed E-state index contributed by atoms with van der Waals surface area (Å²) in [5.74, 6) is 1.12. The second-order valence-electron chi connectivity index (χ2n) is 5.33. The monoisotopic (exact) mass is 224 g/mol. The van der Waals surface area contributed by atoms with Gasteiger partial charge in [-0.2, -0.15) is 0 Å². The molecule has 0 radical (unpaired) electrons. The van der Waals surface area contributed by atoms with Crippen molar-refractivity contribution in [2.24, 2.45) is 5.92 Å². The van der Waals surface area contributed by atoms with E-state index in [2.05, 4.69) is 17.1 Å². The second kappa shape index (κ2) is 5.67. The zero-order valence-electron chi connectivity index (χ0n) is 10.4. The van der Waals surface area contributed by atoms with Crippen LogP contribution < -0.4 is 5.32 Å². The highest BCUT2D eigenvalue weighted by atomic mass is 16.2. The van der Waals surface area contributed by atoms with Crippen molar-refractivity contribution in [2.75, 3.05) is 19.6 Å². The van der Waals surface area contributed by atoms with E-state index < -0.39 is 0 Å². The van der Waals surface area contributed by atoms with Gasteiger partial charge in [-0.05, 0) is 58.0 Å².